The van der Waals surface area contributed by atoms with Crippen LogP contribution in [0.1, 0.15) is 19.8 Å². The molecule has 1 amide bonds. The summed E-state index contributed by atoms with van der Waals surface area (Å²) in [6.45, 7) is 2.54. The fraction of sp³-hybridized carbons (Fsp3) is 0.462. The average molecular weight is 299 g/mol. The summed E-state index contributed by atoms with van der Waals surface area (Å²) in [6, 6.07) is 1.62. The monoisotopic (exact) mass is 299 g/mol. The first-order valence-electron chi connectivity index (χ1n) is 6.56. The first kappa shape index (κ1) is 15.3. The largest absolute Gasteiger partial charge is 0.318 e. The lowest BCUT2D eigenvalue weighted by molar-refractivity contribution is -0.384. The highest BCUT2D eigenvalue weighted by atomic mass is 19.2. The lowest BCUT2D eigenvalue weighted by atomic mass is 9.92. The third-order valence-corrected chi connectivity index (χ3v) is 3.51. The van der Waals surface area contributed by atoms with Crippen LogP contribution in [-0.2, 0) is 4.79 Å². The summed E-state index contributed by atoms with van der Waals surface area (Å²) in [7, 11) is 0. The highest BCUT2D eigenvalue weighted by Gasteiger charge is 2.29. The Hall–Kier alpha value is -2.09. The van der Waals surface area contributed by atoms with E-state index in [0.717, 1.165) is 6.07 Å². The molecule has 1 saturated heterocycles. The number of hydrogen-bond donors (Lipinski definition) is 2. The van der Waals surface area contributed by atoms with E-state index >= 15 is 0 Å². The Morgan fingerprint density at radius 1 is 1.48 bits per heavy atom. The van der Waals surface area contributed by atoms with Crippen LogP contribution >= 0.6 is 0 Å². The first-order chi connectivity index (χ1) is 9.90. The Labute approximate surface area is 119 Å². The van der Waals surface area contributed by atoms with Crippen molar-refractivity contribution in [2.75, 3.05) is 11.9 Å². The van der Waals surface area contributed by atoms with Gasteiger partial charge in [0.15, 0.2) is 17.3 Å². The molecule has 0 aromatic heterocycles. The van der Waals surface area contributed by atoms with Gasteiger partial charge in [-0.05, 0) is 32.4 Å². The highest BCUT2D eigenvalue weighted by Crippen LogP contribution is 2.30. The smallest absolute Gasteiger partial charge is 0.296 e. The van der Waals surface area contributed by atoms with Crippen LogP contribution in [0.15, 0.2) is 12.1 Å². The fourth-order valence-corrected chi connectivity index (χ4v) is 2.41. The number of carbonyl (C=O) groups is 1. The number of piperidine rings is 1. The van der Waals surface area contributed by atoms with E-state index in [4.69, 9.17) is 0 Å². The molecule has 0 saturated carbocycles. The second kappa shape index (κ2) is 6.13. The normalized spacial score (nSPS) is 21.9. The minimum Gasteiger partial charge on any atom is -0.318 e. The van der Waals surface area contributed by atoms with E-state index in [-0.39, 0.29) is 12.0 Å². The number of anilines is 1. The number of nitro groups is 1. The molecule has 0 radical (unpaired) electrons. The van der Waals surface area contributed by atoms with Crippen molar-refractivity contribution in [3.8, 4) is 0 Å². The Morgan fingerprint density at radius 2 is 2.19 bits per heavy atom. The van der Waals surface area contributed by atoms with Gasteiger partial charge in [-0.25, -0.2) is 8.78 Å². The number of nitro benzene ring substituents is 1. The van der Waals surface area contributed by atoms with Gasteiger partial charge in [-0.3, -0.25) is 14.9 Å². The van der Waals surface area contributed by atoms with E-state index < -0.39 is 33.8 Å². The van der Waals surface area contributed by atoms with E-state index in [1.165, 1.54) is 0 Å². The molecule has 2 rings (SSSR count). The van der Waals surface area contributed by atoms with Crippen molar-refractivity contribution < 1.29 is 18.5 Å². The summed E-state index contributed by atoms with van der Waals surface area (Å²) in [4.78, 5) is 22.1. The molecule has 1 heterocycles. The third kappa shape index (κ3) is 3.33. The van der Waals surface area contributed by atoms with Gasteiger partial charge in [0.25, 0.3) is 5.69 Å². The van der Waals surface area contributed by atoms with Crippen molar-refractivity contribution in [1.82, 2.24) is 5.32 Å². The van der Waals surface area contributed by atoms with Crippen LogP contribution in [0.4, 0.5) is 20.2 Å². The number of benzene rings is 1. The quantitative estimate of drug-likeness (QED) is 0.662. The zero-order valence-corrected chi connectivity index (χ0v) is 11.4. The maximum Gasteiger partial charge on any atom is 0.296 e. The van der Waals surface area contributed by atoms with Crippen LogP contribution in [0.25, 0.3) is 0 Å². The van der Waals surface area contributed by atoms with Gasteiger partial charge in [0.2, 0.25) is 5.91 Å². The zero-order valence-electron chi connectivity index (χ0n) is 11.4. The van der Waals surface area contributed by atoms with Crippen molar-refractivity contribution in [2.45, 2.75) is 25.8 Å². The SMILES string of the molecule is CC1CC(C(=O)Nc2c([N+](=O)[O-])ccc(F)c2F)CCN1. The second-order valence-electron chi connectivity index (χ2n) is 5.08. The molecule has 114 valence electrons. The minimum absolute atomic E-state index is 0.127. The number of amides is 1. The third-order valence-electron chi connectivity index (χ3n) is 3.51. The number of hydrogen-bond acceptors (Lipinski definition) is 4. The molecule has 0 spiro atoms. The molecule has 2 N–H and O–H groups in total. The van der Waals surface area contributed by atoms with Gasteiger partial charge in [-0.1, -0.05) is 0 Å². The van der Waals surface area contributed by atoms with Crippen molar-refractivity contribution in [3.05, 3.63) is 33.9 Å². The molecule has 2 unspecified atom stereocenters. The summed E-state index contributed by atoms with van der Waals surface area (Å²) < 4.78 is 26.9. The van der Waals surface area contributed by atoms with Gasteiger partial charge >= 0.3 is 0 Å². The van der Waals surface area contributed by atoms with E-state index in [0.29, 0.717) is 25.5 Å². The zero-order chi connectivity index (χ0) is 15.6. The number of nitrogens with one attached hydrogen (secondary N) is 2. The Balaban J connectivity index is 2.24. The van der Waals surface area contributed by atoms with Gasteiger partial charge in [0.05, 0.1) is 4.92 Å². The van der Waals surface area contributed by atoms with Crippen molar-refractivity contribution in [2.24, 2.45) is 5.92 Å². The van der Waals surface area contributed by atoms with Gasteiger partial charge in [0, 0.05) is 18.0 Å². The molecule has 1 aromatic carbocycles. The molecule has 21 heavy (non-hydrogen) atoms. The Bertz CT molecular complexity index is 580. The second-order valence-corrected chi connectivity index (χ2v) is 5.08. The summed E-state index contributed by atoms with van der Waals surface area (Å²) in [6.07, 6.45) is 1.08. The number of rotatable bonds is 3. The summed E-state index contributed by atoms with van der Waals surface area (Å²) >= 11 is 0. The lowest BCUT2D eigenvalue weighted by Gasteiger charge is -2.27. The Morgan fingerprint density at radius 3 is 2.81 bits per heavy atom. The molecule has 6 nitrogen and oxygen atoms in total. The molecule has 1 aliphatic rings. The lowest BCUT2D eigenvalue weighted by Crippen LogP contribution is -2.40. The first-order valence-corrected chi connectivity index (χ1v) is 6.56. The van der Waals surface area contributed by atoms with Gasteiger partial charge in [-0.15, -0.1) is 0 Å². The van der Waals surface area contributed by atoms with Gasteiger partial charge in [0.1, 0.15) is 0 Å². The van der Waals surface area contributed by atoms with Crippen LogP contribution in [0, 0.1) is 27.7 Å². The molecule has 2 atom stereocenters. The van der Waals surface area contributed by atoms with Crippen LogP contribution in [0.2, 0.25) is 0 Å². The van der Waals surface area contributed by atoms with Crippen LogP contribution in [0.5, 0.6) is 0 Å². The summed E-state index contributed by atoms with van der Waals surface area (Å²) in [5, 5.41) is 16.2. The average Bonchev–Trinajstić information content (AvgIpc) is 2.43. The molecular formula is C13H15F2N3O3. The van der Waals surface area contributed by atoms with Crippen LogP contribution in [0.3, 0.4) is 0 Å². The molecule has 0 bridgehead atoms. The molecular weight excluding hydrogens is 284 g/mol. The fourth-order valence-electron chi connectivity index (χ4n) is 2.41. The maximum absolute atomic E-state index is 13.7. The molecule has 8 heteroatoms. The van der Waals surface area contributed by atoms with Crippen molar-refractivity contribution >= 4 is 17.3 Å². The van der Waals surface area contributed by atoms with E-state index in [2.05, 4.69) is 10.6 Å². The minimum atomic E-state index is -1.42. The topological polar surface area (TPSA) is 84.3 Å². The van der Waals surface area contributed by atoms with Gasteiger partial charge < -0.3 is 10.6 Å². The standard InChI is InChI=1S/C13H15F2N3O3/c1-7-6-8(4-5-16-7)13(19)17-12-10(18(20)21)3-2-9(14)11(12)15/h2-3,7-8,16H,4-6H2,1H3,(H,17,19). The molecule has 1 fully saturated rings. The van der Waals surface area contributed by atoms with Crippen molar-refractivity contribution in [3.63, 3.8) is 0 Å². The van der Waals surface area contributed by atoms with Crippen LogP contribution < -0.4 is 10.6 Å². The van der Waals surface area contributed by atoms with Crippen LogP contribution in [-0.4, -0.2) is 23.4 Å². The highest BCUT2D eigenvalue weighted by molar-refractivity contribution is 5.95. The summed E-state index contributed by atoms with van der Waals surface area (Å²) in [5.41, 5.74) is -1.37. The van der Waals surface area contributed by atoms with E-state index in [1.54, 1.807) is 0 Å². The number of halogens is 2. The van der Waals surface area contributed by atoms with Gasteiger partial charge in [-0.2, -0.15) is 0 Å². The van der Waals surface area contributed by atoms with Crippen molar-refractivity contribution in [1.29, 1.82) is 0 Å². The van der Waals surface area contributed by atoms with E-state index in [1.807, 2.05) is 6.92 Å². The van der Waals surface area contributed by atoms with E-state index in [9.17, 15) is 23.7 Å². The predicted molar refractivity (Wildman–Crippen MR) is 71.8 cm³/mol. The number of nitrogens with zero attached hydrogens (tertiary/aromatic N) is 1. The maximum atomic E-state index is 13.7. The molecule has 1 aliphatic heterocycles. The molecule has 0 aliphatic carbocycles. The predicted octanol–water partition coefficient (Wildman–Crippen LogP) is 2.20. The summed E-state index contributed by atoms with van der Waals surface area (Å²) in [5.74, 6) is -3.58. The number of carbonyl (C=O) groups excluding carboxylic acids is 1. The Kier molecular flexibility index (Phi) is 4.46. The molecule has 1 aromatic rings.